The number of nitrogens with zero attached hydrogens (tertiary/aromatic N) is 1. The van der Waals surface area contributed by atoms with Crippen molar-refractivity contribution in [2.45, 2.75) is 26.3 Å². The molecule has 0 unspecified atom stereocenters. The molecule has 0 spiro atoms. The van der Waals surface area contributed by atoms with E-state index in [1.54, 1.807) is 12.1 Å². The van der Waals surface area contributed by atoms with E-state index in [0.717, 1.165) is 6.42 Å². The van der Waals surface area contributed by atoms with Crippen LogP contribution in [0.3, 0.4) is 0 Å². The monoisotopic (exact) mass is 307 g/mol. The second kappa shape index (κ2) is 7.24. The number of nitrogens with one attached hydrogen (secondary N) is 2. The fraction of sp³-hybridized carbons (Fsp3) is 0.500. The van der Waals surface area contributed by atoms with Crippen LogP contribution in [0.1, 0.15) is 31.9 Å². The van der Waals surface area contributed by atoms with Gasteiger partial charge in [0.05, 0.1) is 0 Å². The molecule has 0 aliphatic carbocycles. The zero-order valence-electron chi connectivity index (χ0n) is 12.9. The Kier molecular flexibility index (Phi) is 5.35. The minimum atomic E-state index is -0.788. The Hall–Kier alpha value is -2.11. The highest BCUT2D eigenvalue weighted by Gasteiger charge is 2.34. The molecule has 3 amide bonds. The molecule has 2 N–H and O–H groups in total. The van der Waals surface area contributed by atoms with Gasteiger partial charge in [-0.2, -0.15) is 0 Å². The lowest BCUT2D eigenvalue weighted by atomic mass is 10.0. The first-order chi connectivity index (χ1) is 10.5. The number of rotatable bonds is 4. The molecule has 1 aliphatic rings. The molecule has 0 saturated carbocycles. The van der Waals surface area contributed by atoms with Crippen molar-refractivity contribution in [3.63, 3.8) is 0 Å². The van der Waals surface area contributed by atoms with Crippen molar-refractivity contribution in [3.05, 3.63) is 35.6 Å². The first-order valence-corrected chi connectivity index (χ1v) is 7.56. The van der Waals surface area contributed by atoms with Crippen LogP contribution in [-0.4, -0.2) is 36.5 Å². The van der Waals surface area contributed by atoms with Gasteiger partial charge in [-0.3, -0.25) is 4.79 Å². The number of urea groups is 1. The van der Waals surface area contributed by atoms with Crippen LogP contribution >= 0.6 is 0 Å². The van der Waals surface area contributed by atoms with E-state index in [9.17, 15) is 14.0 Å². The quantitative estimate of drug-likeness (QED) is 0.894. The third-order valence-electron chi connectivity index (χ3n) is 3.64. The summed E-state index contributed by atoms with van der Waals surface area (Å²) in [5.41, 5.74) is 0.483. The summed E-state index contributed by atoms with van der Waals surface area (Å²) in [7, 11) is 0. The van der Waals surface area contributed by atoms with E-state index in [0.29, 0.717) is 31.1 Å². The van der Waals surface area contributed by atoms with Gasteiger partial charge in [0.15, 0.2) is 0 Å². The molecule has 1 saturated heterocycles. The molecular formula is C16H22FN3O2. The van der Waals surface area contributed by atoms with Crippen LogP contribution in [0.25, 0.3) is 0 Å². The van der Waals surface area contributed by atoms with E-state index < -0.39 is 11.9 Å². The Bertz CT molecular complexity index is 548. The Morgan fingerprint density at radius 2 is 2.27 bits per heavy atom. The molecule has 1 heterocycles. The van der Waals surface area contributed by atoms with E-state index in [4.69, 9.17) is 0 Å². The number of carbonyl (C=O) groups is 2. The molecule has 1 aromatic carbocycles. The second-order valence-electron chi connectivity index (χ2n) is 5.86. The van der Waals surface area contributed by atoms with Crippen LogP contribution in [0.4, 0.5) is 9.18 Å². The van der Waals surface area contributed by atoms with Gasteiger partial charge in [-0.05, 0) is 30.0 Å². The van der Waals surface area contributed by atoms with Gasteiger partial charge in [0.2, 0.25) is 5.91 Å². The van der Waals surface area contributed by atoms with Gasteiger partial charge in [-0.25, -0.2) is 9.18 Å². The van der Waals surface area contributed by atoms with E-state index in [2.05, 4.69) is 24.5 Å². The smallest absolute Gasteiger partial charge is 0.318 e. The molecule has 5 nitrogen and oxygen atoms in total. The van der Waals surface area contributed by atoms with E-state index in [1.807, 2.05) is 0 Å². The Labute approximate surface area is 129 Å². The molecule has 1 aromatic rings. The first kappa shape index (κ1) is 16.3. The summed E-state index contributed by atoms with van der Waals surface area (Å²) < 4.78 is 13.4. The highest BCUT2D eigenvalue weighted by atomic mass is 19.1. The Morgan fingerprint density at radius 3 is 2.95 bits per heavy atom. The lowest BCUT2D eigenvalue weighted by molar-refractivity contribution is -0.127. The molecule has 2 rings (SSSR count). The first-order valence-electron chi connectivity index (χ1n) is 7.56. The van der Waals surface area contributed by atoms with Crippen molar-refractivity contribution in [2.75, 3.05) is 19.6 Å². The van der Waals surface area contributed by atoms with Gasteiger partial charge in [-0.15, -0.1) is 0 Å². The maximum atomic E-state index is 13.4. The highest BCUT2D eigenvalue weighted by Crippen LogP contribution is 2.24. The van der Waals surface area contributed by atoms with Gasteiger partial charge in [-0.1, -0.05) is 26.0 Å². The predicted octanol–water partition coefficient (Wildman–Crippen LogP) is 2.05. The molecule has 0 radical (unpaired) electrons. The van der Waals surface area contributed by atoms with Crippen LogP contribution in [0.15, 0.2) is 24.3 Å². The average molecular weight is 307 g/mol. The normalized spacial score (nSPS) is 18.3. The Morgan fingerprint density at radius 1 is 1.50 bits per heavy atom. The van der Waals surface area contributed by atoms with Crippen LogP contribution in [0.2, 0.25) is 0 Å². The number of carbonyl (C=O) groups excluding carboxylic acids is 2. The molecule has 1 atom stereocenters. The summed E-state index contributed by atoms with van der Waals surface area (Å²) in [6, 6.07) is 4.74. The van der Waals surface area contributed by atoms with Gasteiger partial charge in [0.1, 0.15) is 11.9 Å². The topological polar surface area (TPSA) is 61.4 Å². The van der Waals surface area contributed by atoms with Gasteiger partial charge in [0, 0.05) is 19.6 Å². The van der Waals surface area contributed by atoms with Crippen molar-refractivity contribution >= 4 is 11.9 Å². The van der Waals surface area contributed by atoms with E-state index in [-0.39, 0.29) is 11.9 Å². The van der Waals surface area contributed by atoms with Crippen LogP contribution in [0, 0.1) is 11.7 Å². The lowest BCUT2D eigenvalue weighted by Crippen LogP contribution is -2.55. The lowest BCUT2D eigenvalue weighted by Gasteiger charge is -2.35. The second-order valence-corrected chi connectivity index (χ2v) is 5.86. The summed E-state index contributed by atoms with van der Waals surface area (Å²) >= 11 is 0. The van der Waals surface area contributed by atoms with E-state index in [1.165, 1.54) is 17.0 Å². The molecule has 22 heavy (non-hydrogen) atoms. The summed E-state index contributed by atoms with van der Waals surface area (Å²) in [4.78, 5) is 25.9. The standard InChI is InChI=1S/C16H22FN3O2/c1-11(2)6-7-19-16(22)20-9-8-18-15(21)14(20)12-4-3-5-13(17)10-12/h3-5,10-11,14H,6-9H2,1-2H3,(H,18,21)(H,19,22)/t14-/m0/s1. The highest BCUT2D eigenvalue weighted by molar-refractivity contribution is 5.89. The third-order valence-corrected chi connectivity index (χ3v) is 3.64. The van der Waals surface area contributed by atoms with Crippen molar-refractivity contribution in [3.8, 4) is 0 Å². The van der Waals surface area contributed by atoms with Crippen molar-refractivity contribution in [2.24, 2.45) is 5.92 Å². The number of halogens is 1. The Balaban J connectivity index is 2.13. The number of benzene rings is 1. The predicted molar refractivity (Wildman–Crippen MR) is 81.7 cm³/mol. The molecule has 0 aromatic heterocycles. The van der Waals surface area contributed by atoms with Crippen molar-refractivity contribution < 1.29 is 14.0 Å². The molecule has 0 bridgehead atoms. The van der Waals surface area contributed by atoms with Gasteiger partial charge in [0.25, 0.3) is 0 Å². The fourth-order valence-electron chi connectivity index (χ4n) is 2.46. The maximum absolute atomic E-state index is 13.4. The molecule has 6 heteroatoms. The molecular weight excluding hydrogens is 285 g/mol. The van der Waals surface area contributed by atoms with Crippen LogP contribution < -0.4 is 10.6 Å². The van der Waals surface area contributed by atoms with Crippen LogP contribution in [-0.2, 0) is 4.79 Å². The zero-order chi connectivity index (χ0) is 16.1. The molecule has 120 valence electrons. The van der Waals surface area contributed by atoms with Crippen molar-refractivity contribution in [1.29, 1.82) is 0 Å². The average Bonchev–Trinajstić information content (AvgIpc) is 2.46. The molecule has 1 fully saturated rings. The number of piperazine rings is 1. The van der Waals surface area contributed by atoms with Gasteiger partial charge >= 0.3 is 6.03 Å². The van der Waals surface area contributed by atoms with Gasteiger partial charge < -0.3 is 15.5 Å². The third kappa shape index (κ3) is 3.96. The summed E-state index contributed by atoms with van der Waals surface area (Å²) in [6.07, 6.45) is 0.871. The maximum Gasteiger partial charge on any atom is 0.318 e. The zero-order valence-corrected chi connectivity index (χ0v) is 12.9. The fourth-order valence-corrected chi connectivity index (χ4v) is 2.46. The summed E-state index contributed by atoms with van der Waals surface area (Å²) in [6.45, 7) is 5.53. The molecule has 1 aliphatic heterocycles. The minimum absolute atomic E-state index is 0.282. The van der Waals surface area contributed by atoms with E-state index >= 15 is 0 Å². The number of hydrogen-bond donors (Lipinski definition) is 2. The number of amides is 3. The summed E-state index contributed by atoms with van der Waals surface area (Å²) in [5, 5.41) is 5.56. The largest absolute Gasteiger partial charge is 0.352 e. The van der Waals surface area contributed by atoms with Crippen LogP contribution in [0.5, 0.6) is 0 Å². The SMILES string of the molecule is CC(C)CCNC(=O)N1CCNC(=O)[C@@H]1c1cccc(F)c1. The number of hydrogen-bond acceptors (Lipinski definition) is 2. The minimum Gasteiger partial charge on any atom is -0.352 e. The van der Waals surface area contributed by atoms with Crippen molar-refractivity contribution in [1.82, 2.24) is 15.5 Å². The summed E-state index contributed by atoms with van der Waals surface area (Å²) in [5.74, 6) is -0.212.